The maximum absolute atomic E-state index is 6.21. The van der Waals surface area contributed by atoms with Crippen LogP contribution in [0.2, 0.25) is 0 Å². The Bertz CT molecular complexity index is 117. The minimum absolute atomic E-state index is 0.235. The molecule has 0 radical (unpaired) electrons. The predicted molar refractivity (Wildman–Crippen MR) is 64.1 cm³/mol. The Kier molecular flexibility index (Phi) is 6.88. The summed E-state index contributed by atoms with van der Waals surface area (Å²) in [6.45, 7) is 6.61. The molecule has 13 heavy (non-hydrogen) atoms. The van der Waals surface area contributed by atoms with E-state index in [1.165, 1.54) is 25.7 Å². The van der Waals surface area contributed by atoms with Gasteiger partial charge in [0, 0.05) is 0 Å². The Morgan fingerprint density at radius 1 is 1.08 bits per heavy atom. The highest BCUT2D eigenvalue weighted by Crippen LogP contribution is 2.31. The number of nitrogens with two attached hydrogens (primary N) is 1. The minimum Gasteiger partial charge on any atom is -0.317 e. The summed E-state index contributed by atoms with van der Waals surface area (Å²) in [5, 5.41) is 0. The molecule has 0 aromatic rings. The van der Waals surface area contributed by atoms with Crippen molar-refractivity contribution in [2.24, 2.45) is 11.7 Å². The summed E-state index contributed by atoms with van der Waals surface area (Å²) in [6, 6.07) is 0. The van der Waals surface area contributed by atoms with Crippen LogP contribution in [0.15, 0.2) is 0 Å². The molecule has 1 atom stereocenters. The molecule has 0 fully saturated rings. The second kappa shape index (κ2) is 6.72. The lowest BCUT2D eigenvalue weighted by molar-refractivity contribution is 0.317. The molecule has 0 saturated heterocycles. The average molecular weight is 203 g/mol. The normalized spacial score (nSPS) is 16.2. The quantitative estimate of drug-likeness (QED) is 0.480. The standard InChI is InChI=1S/C11H25NS/c1-4-7-10(8-5-2)11(12,13)9-6-3/h10,13H,4-9,12H2,1-3H3. The highest BCUT2D eigenvalue weighted by molar-refractivity contribution is 7.81. The average Bonchev–Trinajstić information content (AvgIpc) is 2.04. The van der Waals surface area contributed by atoms with Crippen molar-refractivity contribution in [3.63, 3.8) is 0 Å². The van der Waals surface area contributed by atoms with Crippen LogP contribution in [-0.4, -0.2) is 4.87 Å². The summed E-state index contributed by atoms with van der Waals surface area (Å²) in [6.07, 6.45) is 7.02. The molecule has 0 aromatic heterocycles. The first kappa shape index (κ1) is 13.3. The fraction of sp³-hybridized carbons (Fsp3) is 1.00. The lowest BCUT2D eigenvalue weighted by Crippen LogP contribution is -2.41. The van der Waals surface area contributed by atoms with Crippen LogP contribution in [0.25, 0.3) is 0 Å². The molecule has 0 heterocycles. The van der Waals surface area contributed by atoms with E-state index in [4.69, 9.17) is 5.73 Å². The second-order valence-corrected chi connectivity index (χ2v) is 4.85. The third-order valence-corrected chi connectivity index (χ3v) is 3.22. The molecule has 0 rings (SSSR count). The summed E-state index contributed by atoms with van der Waals surface area (Å²) < 4.78 is 0. The van der Waals surface area contributed by atoms with Crippen molar-refractivity contribution in [3.05, 3.63) is 0 Å². The van der Waals surface area contributed by atoms with E-state index in [1.807, 2.05) is 0 Å². The third kappa shape index (κ3) is 4.92. The van der Waals surface area contributed by atoms with Crippen LogP contribution in [-0.2, 0) is 0 Å². The molecule has 0 spiro atoms. The highest BCUT2D eigenvalue weighted by atomic mass is 32.1. The van der Waals surface area contributed by atoms with Gasteiger partial charge in [-0.15, -0.1) is 0 Å². The first-order chi connectivity index (χ1) is 6.08. The summed E-state index contributed by atoms with van der Waals surface area (Å²) in [7, 11) is 0. The zero-order valence-corrected chi connectivity index (χ0v) is 10.2. The fourth-order valence-corrected chi connectivity index (χ4v) is 2.43. The zero-order valence-electron chi connectivity index (χ0n) is 9.34. The summed E-state index contributed by atoms with van der Waals surface area (Å²) in [5.74, 6) is 0.589. The van der Waals surface area contributed by atoms with E-state index in [2.05, 4.69) is 33.4 Å². The Balaban J connectivity index is 4.13. The van der Waals surface area contributed by atoms with Gasteiger partial charge in [0.25, 0.3) is 0 Å². The molecule has 0 aliphatic carbocycles. The van der Waals surface area contributed by atoms with Crippen molar-refractivity contribution in [2.75, 3.05) is 0 Å². The van der Waals surface area contributed by atoms with Crippen molar-refractivity contribution in [1.29, 1.82) is 0 Å². The molecular weight excluding hydrogens is 178 g/mol. The number of thiol groups is 1. The van der Waals surface area contributed by atoms with Crippen LogP contribution in [0.3, 0.4) is 0 Å². The van der Waals surface area contributed by atoms with Crippen LogP contribution < -0.4 is 5.73 Å². The Labute approximate surface area is 88.9 Å². The highest BCUT2D eigenvalue weighted by Gasteiger charge is 2.28. The van der Waals surface area contributed by atoms with Crippen LogP contribution in [0.5, 0.6) is 0 Å². The third-order valence-electron chi connectivity index (χ3n) is 2.63. The Hall–Kier alpha value is 0.310. The van der Waals surface area contributed by atoms with Crippen molar-refractivity contribution in [2.45, 2.75) is 64.2 Å². The zero-order chi connectivity index (χ0) is 10.3. The minimum atomic E-state index is -0.235. The van der Waals surface area contributed by atoms with E-state index in [0.29, 0.717) is 5.92 Å². The van der Waals surface area contributed by atoms with Gasteiger partial charge in [-0.25, -0.2) is 0 Å². The second-order valence-electron chi connectivity index (χ2n) is 4.02. The van der Waals surface area contributed by atoms with Crippen LogP contribution in [0, 0.1) is 5.92 Å². The molecule has 0 amide bonds. The van der Waals surface area contributed by atoms with Crippen molar-refractivity contribution in [1.82, 2.24) is 0 Å². The van der Waals surface area contributed by atoms with Gasteiger partial charge in [-0.05, 0) is 25.2 Å². The molecule has 2 N–H and O–H groups in total. The van der Waals surface area contributed by atoms with Gasteiger partial charge in [0.2, 0.25) is 0 Å². The van der Waals surface area contributed by atoms with E-state index in [-0.39, 0.29) is 4.87 Å². The van der Waals surface area contributed by atoms with Gasteiger partial charge in [-0.3, -0.25) is 0 Å². The monoisotopic (exact) mass is 203 g/mol. The molecule has 0 aliphatic rings. The van der Waals surface area contributed by atoms with E-state index in [1.54, 1.807) is 0 Å². The predicted octanol–water partition coefficient (Wildman–Crippen LogP) is 3.59. The van der Waals surface area contributed by atoms with E-state index in [0.717, 1.165) is 12.8 Å². The molecule has 0 bridgehead atoms. The molecular formula is C11H25NS. The first-order valence-electron chi connectivity index (χ1n) is 5.59. The maximum Gasteiger partial charge on any atom is 0.0619 e. The van der Waals surface area contributed by atoms with E-state index >= 15 is 0 Å². The first-order valence-corrected chi connectivity index (χ1v) is 6.04. The Morgan fingerprint density at radius 2 is 1.54 bits per heavy atom. The van der Waals surface area contributed by atoms with Crippen LogP contribution in [0.1, 0.15) is 59.3 Å². The van der Waals surface area contributed by atoms with Crippen molar-refractivity contribution >= 4 is 12.6 Å². The van der Waals surface area contributed by atoms with Crippen LogP contribution >= 0.6 is 12.6 Å². The van der Waals surface area contributed by atoms with Gasteiger partial charge in [-0.2, -0.15) is 12.6 Å². The SMILES string of the molecule is CCCC(CCC)C(N)(S)CCC. The molecule has 0 aromatic carbocycles. The number of rotatable bonds is 7. The lowest BCUT2D eigenvalue weighted by atomic mass is 9.88. The van der Waals surface area contributed by atoms with Gasteiger partial charge in [-0.1, -0.05) is 40.0 Å². The molecule has 1 unspecified atom stereocenters. The van der Waals surface area contributed by atoms with Gasteiger partial charge in [0.1, 0.15) is 0 Å². The largest absolute Gasteiger partial charge is 0.317 e. The smallest absolute Gasteiger partial charge is 0.0619 e. The molecule has 0 aliphatic heterocycles. The summed E-state index contributed by atoms with van der Waals surface area (Å²) >= 11 is 4.61. The van der Waals surface area contributed by atoms with Crippen molar-refractivity contribution < 1.29 is 0 Å². The van der Waals surface area contributed by atoms with Gasteiger partial charge < -0.3 is 5.73 Å². The maximum atomic E-state index is 6.21. The lowest BCUT2D eigenvalue weighted by Gasteiger charge is -2.33. The Morgan fingerprint density at radius 3 is 1.85 bits per heavy atom. The molecule has 2 heteroatoms. The molecule has 80 valence electrons. The summed E-state index contributed by atoms with van der Waals surface area (Å²) in [4.78, 5) is -0.235. The molecule has 1 nitrogen and oxygen atoms in total. The van der Waals surface area contributed by atoms with E-state index in [9.17, 15) is 0 Å². The van der Waals surface area contributed by atoms with Crippen molar-refractivity contribution in [3.8, 4) is 0 Å². The summed E-state index contributed by atoms with van der Waals surface area (Å²) in [5.41, 5.74) is 6.21. The van der Waals surface area contributed by atoms with Gasteiger partial charge in [0.15, 0.2) is 0 Å². The van der Waals surface area contributed by atoms with E-state index < -0.39 is 0 Å². The van der Waals surface area contributed by atoms with Gasteiger partial charge >= 0.3 is 0 Å². The van der Waals surface area contributed by atoms with Crippen LogP contribution in [0.4, 0.5) is 0 Å². The van der Waals surface area contributed by atoms with Gasteiger partial charge in [0.05, 0.1) is 4.87 Å². The fourth-order valence-electron chi connectivity index (χ4n) is 1.95. The molecule has 0 saturated carbocycles. The number of hydrogen-bond donors (Lipinski definition) is 2. The number of hydrogen-bond acceptors (Lipinski definition) is 2. The topological polar surface area (TPSA) is 26.0 Å².